The van der Waals surface area contributed by atoms with Crippen LogP contribution in [0, 0.1) is 6.92 Å². The number of nitrogens with zero attached hydrogens (tertiary/aromatic N) is 1. The number of ketones is 1. The molecule has 1 fully saturated rings. The summed E-state index contributed by atoms with van der Waals surface area (Å²) in [6.07, 6.45) is 0.665. The Bertz CT molecular complexity index is 1040. The molecule has 1 amide bonds. The maximum absolute atomic E-state index is 13.0. The lowest BCUT2D eigenvalue weighted by atomic mass is 9.93. The third-order valence-electron chi connectivity index (χ3n) is 5.42. The molecule has 7 heteroatoms. The van der Waals surface area contributed by atoms with Crippen molar-refractivity contribution in [2.75, 3.05) is 27.9 Å². The lowest BCUT2D eigenvalue weighted by Gasteiger charge is -2.25. The zero-order valence-electron chi connectivity index (χ0n) is 18.4. The Morgan fingerprint density at radius 3 is 2.29 bits per heavy atom. The van der Waals surface area contributed by atoms with E-state index in [1.54, 1.807) is 43.5 Å². The molecule has 0 radical (unpaired) electrons. The quantitative estimate of drug-likeness (QED) is 0.412. The van der Waals surface area contributed by atoms with Gasteiger partial charge in [0, 0.05) is 12.1 Å². The van der Waals surface area contributed by atoms with Crippen molar-refractivity contribution in [2.24, 2.45) is 0 Å². The normalized spacial score (nSPS) is 17.7. The number of aryl methyl sites for hydroxylation is 1. The number of hydrogen-bond acceptors (Lipinski definition) is 6. The van der Waals surface area contributed by atoms with Gasteiger partial charge in [-0.2, -0.15) is 0 Å². The molecule has 1 N–H and O–H groups in total. The van der Waals surface area contributed by atoms with Crippen LogP contribution in [0.15, 0.2) is 42.0 Å². The van der Waals surface area contributed by atoms with Crippen molar-refractivity contribution in [1.82, 2.24) is 4.90 Å². The molecule has 1 atom stereocenters. The Morgan fingerprint density at radius 1 is 1.00 bits per heavy atom. The van der Waals surface area contributed by atoms with Gasteiger partial charge in [-0.25, -0.2) is 0 Å². The van der Waals surface area contributed by atoms with Gasteiger partial charge in [0.25, 0.3) is 11.7 Å². The van der Waals surface area contributed by atoms with Crippen LogP contribution in [0.3, 0.4) is 0 Å². The number of likely N-dealkylation sites (tertiary alicyclic amines) is 1. The minimum atomic E-state index is -0.735. The molecule has 1 unspecified atom stereocenters. The second kappa shape index (κ2) is 9.12. The minimum absolute atomic E-state index is 0.0546. The summed E-state index contributed by atoms with van der Waals surface area (Å²) in [4.78, 5) is 27.3. The van der Waals surface area contributed by atoms with Gasteiger partial charge in [-0.1, -0.05) is 13.0 Å². The second-order valence-corrected chi connectivity index (χ2v) is 7.29. The summed E-state index contributed by atoms with van der Waals surface area (Å²) < 4.78 is 15.9. The number of hydrogen-bond donors (Lipinski definition) is 1. The highest BCUT2D eigenvalue weighted by atomic mass is 16.5. The van der Waals surface area contributed by atoms with Gasteiger partial charge in [0.1, 0.15) is 11.5 Å². The molecule has 0 aliphatic carbocycles. The summed E-state index contributed by atoms with van der Waals surface area (Å²) in [6, 6.07) is 9.64. The van der Waals surface area contributed by atoms with Crippen LogP contribution in [0.25, 0.3) is 5.76 Å². The molecule has 1 saturated heterocycles. The van der Waals surface area contributed by atoms with Crippen molar-refractivity contribution in [2.45, 2.75) is 26.3 Å². The van der Waals surface area contributed by atoms with Gasteiger partial charge in [-0.05, 0) is 54.8 Å². The molecule has 7 nitrogen and oxygen atoms in total. The highest BCUT2D eigenvalue weighted by Crippen LogP contribution is 2.42. The van der Waals surface area contributed by atoms with Crippen LogP contribution in [-0.4, -0.2) is 49.6 Å². The molecule has 0 saturated carbocycles. The fraction of sp³-hybridized carbons (Fsp3) is 0.333. The molecule has 1 aliphatic heterocycles. The van der Waals surface area contributed by atoms with Crippen molar-refractivity contribution in [3.8, 4) is 17.2 Å². The number of benzene rings is 2. The van der Waals surface area contributed by atoms with Gasteiger partial charge in [-0.15, -0.1) is 0 Å². The number of amides is 1. The average molecular weight is 425 g/mol. The van der Waals surface area contributed by atoms with Gasteiger partial charge in [0.05, 0.1) is 32.9 Å². The van der Waals surface area contributed by atoms with Gasteiger partial charge in [0.15, 0.2) is 11.5 Å². The largest absolute Gasteiger partial charge is 0.507 e. The monoisotopic (exact) mass is 425 g/mol. The van der Waals surface area contributed by atoms with Crippen LogP contribution >= 0.6 is 0 Å². The number of carbonyl (C=O) groups excluding carboxylic acids is 2. The van der Waals surface area contributed by atoms with E-state index in [2.05, 4.69) is 0 Å². The Balaban J connectivity index is 2.22. The number of aliphatic hydroxyl groups is 1. The van der Waals surface area contributed by atoms with Crippen LogP contribution in [0.5, 0.6) is 17.2 Å². The van der Waals surface area contributed by atoms with Crippen molar-refractivity contribution in [3.05, 3.63) is 58.7 Å². The van der Waals surface area contributed by atoms with Crippen molar-refractivity contribution in [3.63, 3.8) is 0 Å². The van der Waals surface area contributed by atoms with E-state index in [9.17, 15) is 14.7 Å². The van der Waals surface area contributed by atoms with Crippen LogP contribution < -0.4 is 14.2 Å². The predicted molar refractivity (Wildman–Crippen MR) is 117 cm³/mol. The van der Waals surface area contributed by atoms with E-state index in [0.717, 1.165) is 5.56 Å². The van der Waals surface area contributed by atoms with Crippen LogP contribution in [0.4, 0.5) is 0 Å². The van der Waals surface area contributed by atoms with Gasteiger partial charge in [-0.3, -0.25) is 9.59 Å². The predicted octanol–water partition coefficient (Wildman–Crippen LogP) is 3.85. The first kappa shape index (κ1) is 22.2. The molecule has 164 valence electrons. The summed E-state index contributed by atoms with van der Waals surface area (Å²) in [7, 11) is 4.61. The van der Waals surface area contributed by atoms with Gasteiger partial charge < -0.3 is 24.2 Å². The number of aliphatic hydroxyl groups excluding tert-OH is 1. The molecule has 3 rings (SSSR count). The van der Waals surface area contributed by atoms with Gasteiger partial charge >= 0.3 is 0 Å². The smallest absolute Gasteiger partial charge is 0.295 e. The number of rotatable bonds is 7. The zero-order valence-corrected chi connectivity index (χ0v) is 18.4. The number of ether oxygens (including phenoxy) is 3. The molecule has 2 aromatic rings. The molecule has 31 heavy (non-hydrogen) atoms. The zero-order chi connectivity index (χ0) is 22.7. The minimum Gasteiger partial charge on any atom is -0.507 e. The number of methoxy groups -OCH3 is 3. The van der Waals surface area contributed by atoms with Gasteiger partial charge in [0.2, 0.25) is 0 Å². The SMILES string of the molecule is CCCN1C(=O)C(=O)/C(=C(/O)c2ccc(OC)cc2C)C1c1ccc(OC)c(OC)c1. The lowest BCUT2D eigenvalue weighted by molar-refractivity contribution is -0.139. The van der Waals surface area contributed by atoms with E-state index in [4.69, 9.17) is 14.2 Å². The summed E-state index contributed by atoms with van der Waals surface area (Å²) in [6.45, 7) is 4.12. The van der Waals surface area contributed by atoms with E-state index in [0.29, 0.717) is 41.3 Å². The first-order valence-electron chi connectivity index (χ1n) is 10.0. The number of carbonyl (C=O) groups is 2. The van der Waals surface area contributed by atoms with Crippen molar-refractivity contribution >= 4 is 17.4 Å². The molecule has 2 aromatic carbocycles. The maximum atomic E-state index is 13.0. The van der Waals surface area contributed by atoms with Crippen molar-refractivity contribution in [1.29, 1.82) is 0 Å². The Morgan fingerprint density at radius 2 is 1.71 bits per heavy atom. The fourth-order valence-corrected chi connectivity index (χ4v) is 3.89. The van der Waals surface area contributed by atoms with Crippen LogP contribution in [0.2, 0.25) is 0 Å². The maximum Gasteiger partial charge on any atom is 0.295 e. The highest BCUT2D eigenvalue weighted by Gasteiger charge is 2.46. The Kier molecular flexibility index (Phi) is 6.53. The Labute approximate surface area is 181 Å². The molecular weight excluding hydrogens is 398 g/mol. The average Bonchev–Trinajstić information content (AvgIpc) is 3.03. The third kappa shape index (κ3) is 3.95. The first-order valence-corrected chi connectivity index (χ1v) is 10.0. The fourth-order valence-electron chi connectivity index (χ4n) is 3.89. The summed E-state index contributed by atoms with van der Waals surface area (Å²) >= 11 is 0. The lowest BCUT2D eigenvalue weighted by Crippen LogP contribution is -2.30. The second-order valence-electron chi connectivity index (χ2n) is 7.29. The standard InChI is InChI=1S/C24H27NO6/c1-6-11-25-21(15-7-10-18(30-4)19(13-15)31-5)20(23(27)24(25)28)22(26)17-9-8-16(29-3)12-14(17)2/h7-10,12-13,21,26H,6,11H2,1-5H3/b22-20+. The summed E-state index contributed by atoms with van der Waals surface area (Å²) in [5.41, 5.74) is 1.90. The molecule has 1 aliphatic rings. The van der Waals surface area contributed by atoms with E-state index in [1.807, 2.05) is 13.8 Å². The van der Waals surface area contributed by atoms with E-state index in [1.165, 1.54) is 19.1 Å². The first-order chi connectivity index (χ1) is 14.9. The van der Waals surface area contributed by atoms with Crippen molar-refractivity contribution < 1.29 is 28.9 Å². The van der Waals surface area contributed by atoms with E-state index >= 15 is 0 Å². The topological polar surface area (TPSA) is 85.3 Å². The summed E-state index contributed by atoms with van der Waals surface area (Å²) in [5.74, 6) is 0.0940. The molecule has 0 spiro atoms. The molecule has 0 bridgehead atoms. The van der Waals surface area contributed by atoms with E-state index < -0.39 is 17.7 Å². The van der Waals surface area contributed by atoms with Crippen LogP contribution in [0.1, 0.15) is 36.1 Å². The van der Waals surface area contributed by atoms with E-state index in [-0.39, 0.29) is 11.3 Å². The molecule has 0 aromatic heterocycles. The Hall–Kier alpha value is -3.48. The number of Topliss-reactive ketones (excluding diaryl/α,β-unsaturated/α-hetero) is 1. The summed E-state index contributed by atoms with van der Waals surface area (Å²) in [5, 5.41) is 11.2. The highest BCUT2D eigenvalue weighted by molar-refractivity contribution is 6.46. The third-order valence-corrected chi connectivity index (χ3v) is 5.42. The molecular formula is C24H27NO6. The van der Waals surface area contributed by atoms with Crippen LogP contribution in [-0.2, 0) is 9.59 Å². The molecule has 1 heterocycles.